The van der Waals surface area contributed by atoms with Crippen LogP contribution in [0.1, 0.15) is 43.0 Å². The molecular weight excluding hydrogens is 246 g/mol. The topological polar surface area (TPSA) is 46.2 Å². The van der Waals surface area contributed by atoms with Gasteiger partial charge in [0.1, 0.15) is 0 Å². The van der Waals surface area contributed by atoms with Crippen LogP contribution in [0.4, 0.5) is 0 Å². The second-order valence-electron chi connectivity index (χ2n) is 5.94. The Balaban J connectivity index is 3.51. The highest BCUT2D eigenvalue weighted by atomic mass is 32.2. The number of aryl methyl sites for hydroxylation is 2. The second kappa shape index (κ2) is 4.67. The van der Waals surface area contributed by atoms with Crippen LogP contribution in [-0.2, 0) is 10.0 Å². The quantitative estimate of drug-likeness (QED) is 0.897. The van der Waals surface area contributed by atoms with Gasteiger partial charge in [0.05, 0.1) is 4.90 Å². The van der Waals surface area contributed by atoms with Crippen molar-refractivity contribution in [3.05, 3.63) is 28.3 Å². The SMILES string of the molecule is Cc1cc(C)c(C)c(S(=O)(=O)NC(C)(C)C)c1C. The molecule has 0 aliphatic rings. The van der Waals surface area contributed by atoms with Gasteiger partial charge in [-0.2, -0.15) is 0 Å². The summed E-state index contributed by atoms with van der Waals surface area (Å²) in [6.45, 7) is 13.1. The van der Waals surface area contributed by atoms with E-state index in [9.17, 15) is 8.42 Å². The van der Waals surface area contributed by atoms with Gasteiger partial charge in [-0.05, 0) is 70.7 Å². The molecule has 3 nitrogen and oxygen atoms in total. The molecule has 0 fully saturated rings. The van der Waals surface area contributed by atoms with Gasteiger partial charge < -0.3 is 0 Å². The molecule has 0 bridgehead atoms. The van der Waals surface area contributed by atoms with Gasteiger partial charge in [0.25, 0.3) is 0 Å². The van der Waals surface area contributed by atoms with Gasteiger partial charge in [-0.1, -0.05) is 6.07 Å². The Bertz CT molecular complexity index is 540. The lowest BCUT2D eigenvalue weighted by molar-refractivity contribution is 0.491. The molecule has 0 unspecified atom stereocenters. The molecule has 0 aliphatic carbocycles. The van der Waals surface area contributed by atoms with Crippen LogP contribution < -0.4 is 4.72 Å². The lowest BCUT2D eigenvalue weighted by atomic mass is 10.0. The lowest BCUT2D eigenvalue weighted by Crippen LogP contribution is -2.41. The van der Waals surface area contributed by atoms with Crippen LogP contribution in [0.25, 0.3) is 0 Å². The van der Waals surface area contributed by atoms with E-state index in [1.807, 2.05) is 54.5 Å². The predicted octanol–water partition coefficient (Wildman–Crippen LogP) is 3.00. The van der Waals surface area contributed by atoms with Crippen molar-refractivity contribution in [2.24, 2.45) is 0 Å². The summed E-state index contributed by atoms with van der Waals surface area (Å²) in [4.78, 5) is 0.426. The number of sulfonamides is 1. The van der Waals surface area contributed by atoms with Gasteiger partial charge in [0.2, 0.25) is 10.0 Å². The molecule has 0 aromatic heterocycles. The first kappa shape index (κ1) is 15.2. The molecule has 18 heavy (non-hydrogen) atoms. The van der Waals surface area contributed by atoms with Crippen molar-refractivity contribution in [1.82, 2.24) is 4.72 Å². The zero-order chi connectivity index (χ0) is 14.3. The fourth-order valence-electron chi connectivity index (χ4n) is 2.04. The van der Waals surface area contributed by atoms with E-state index < -0.39 is 15.6 Å². The van der Waals surface area contributed by atoms with E-state index in [1.165, 1.54) is 0 Å². The van der Waals surface area contributed by atoms with E-state index in [2.05, 4.69) is 4.72 Å². The van der Waals surface area contributed by atoms with Gasteiger partial charge in [0.15, 0.2) is 0 Å². The minimum atomic E-state index is -3.47. The third kappa shape index (κ3) is 3.12. The van der Waals surface area contributed by atoms with Crippen LogP contribution in [-0.4, -0.2) is 14.0 Å². The minimum absolute atomic E-state index is 0.426. The van der Waals surface area contributed by atoms with Gasteiger partial charge in [-0.25, -0.2) is 13.1 Å². The molecule has 0 heterocycles. The summed E-state index contributed by atoms with van der Waals surface area (Å²) in [6.07, 6.45) is 0. The fraction of sp³-hybridized carbons (Fsp3) is 0.571. The van der Waals surface area contributed by atoms with Gasteiger partial charge >= 0.3 is 0 Å². The highest BCUT2D eigenvalue weighted by molar-refractivity contribution is 7.89. The molecule has 102 valence electrons. The summed E-state index contributed by atoms with van der Waals surface area (Å²) in [6, 6.07) is 2.03. The monoisotopic (exact) mass is 269 g/mol. The third-order valence-corrected chi connectivity index (χ3v) is 5.04. The first-order valence-electron chi connectivity index (χ1n) is 6.07. The number of benzene rings is 1. The summed E-state index contributed by atoms with van der Waals surface area (Å²) in [5.74, 6) is 0. The predicted molar refractivity (Wildman–Crippen MR) is 75.5 cm³/mol. The van der Waals surface area contributed by atoms with E-state index in [4.69, 9.17) is 0 Å². The second-order valence-corrected chi connectivity index (χ2v) is 7.56. The Morgan fingerprint density at radius 3 is 1.67 bits per heavy atom. The van der Waals surface area contributed by atoms with Crippen LogP contribution in [0.15, 0.2) is 11.0 Å². The summed E-state index contributed by atoms with van der Waals surface area (Å²) in [5.41, 5.74) is 3.19. The highest BCUT2D eigenvalue weighted by Gasteiger charge is 2.26. The third-order valence-electron chi connectivity index (χ3n) is 3.01. The van der Waals surface area contributed by atoms with Crippen LogP contribution in [0.5, 0.6) is 0 Å². The van der Waals surface area contributed by atoms with Crippen LogP contribution in [0.2, 0.25) is 0 Å². The molecule has 0 atom stereocenters. The Kier molecular flexibility index (Phi) is 3.94. The molecule has 1 aromatic carbocycles. The van der Waals surface area contributed by atoms with Gasteiger partial charge in [0, 0.05) is 5.54 Å². The molecule has 1 N–H and O–H groups in total. The summed E-state index contributed by atoms with van der Waals surface area (Å²) in [5, 5.41) is 0. The molecule has 4 heteroatoms. The maximum Gasteiger partial charge on any atom is 0.241 e. The van der Waals surface area contributed by atoms with E-state index in [-0.39, 0.29) is 0 Å². The highest BCUT2D eigenvalue weighted by Crippen LogP contribution is 2.26. The van der Waals surface area contributed by atoms with Crippen molar-refractivity contribution < 1.29 is 8.42 Å². The Labute approximate surface area is 111 Å². The molecule has 0 saturated carbocycles. The Morgan fingerprint density at radius 1 is 0.944 bits per heavy atom. The zero-order valence-electron chi connectivity index (χ0n) is 12.3. The number of rotatable bonds is 2. The van der Waals surface area contributed by atoms with Crippen molar-refractivity contribution in [2.45, 2.75) is 58.9 Å². The lowest BCUT2D eigenvalue weighted by Gasteiger charge is -2.23. The first-order valence-corrected chi connectivity index (χ1v) is 7.55. The average molecular weight is 269 g/mol. The van der Waals surface area contributed by atoms with Gasteiger partial charge in [-0.15, -0.1) is 0 Å². The summed E-state index contributed by atoms with van der Waals surface area (Å²) >= 11 is 0. The number of hydrogen-bond donors (Lipinski definition) is 1. The Hall–Kier alpha value is -0.870. The van der Waals surface area contributed by atoms with Crippen LogP contribution in [0, 0.1) is 27.7 Å². The van der Waals surface area contributed by atoms with Crippen molar-refractivity contribution in [1.29, 1.82) is 0 Å². The van der Waals surface area contributed by atoms with Gasteiger partial charge in [-0.3, -0.25) is 0 Å². The van der Waals surface area contributed by atoms with Crippen molar-refractivity contribution in [2.75, 3.05) is 0 Å². The van der Waals surface area contributed by atoms with Crippen LogP contribution in [0.3, 0.4) is 0 Å². The molecule has 1 aromatic rings. The summed E-state index contributed by atoms with van der Waals surface area (Å²) < 4.78 is 27.7. The maximum absolute atomic E-state index is 12.5. The molecule has 1 rings (SSSR count). The molecule has 0 radical (unpaired) electrons. The zero-order valence-corrected chi connectivity index (χ0v) is 13.1. The van der Waals surface area contributed by atoms with Crippen molar-refractivity contribution >= 4 is 10.0 Å². The smallest absolute Gasteiger partial charge is 0.207 e. The fourth-order valence-corrected chi connectivity index (χ4v) is 4.07. The molecule has 0 spiro atoms. The van der Waals surface area contributed by atoms with E-state index in [0.717, 1.165) is 22.3 Å². The Morgan fingerprint density at radius 2 is 1.33 bits per heavy atom. The summed E-state index contributed by atoms with van der Waals surface area (Å²) in [7, 11) is -3.47. The standard InChI is InChI=1S/C14H23NO2S/c1-9-8-10(2)12(4)13(11(9)3)18(16,17)15-14(5,6)7/h8,15H,1-7H3. The number of nitrogens with one attached hydrogen (secondary N) is 1. The molecule has 0 saturated heterocycles. The van der Waals surface area contributed by atoms with Crippen molar-refractivity contribution in [3.63, 3.8) is 0 Å². The first-order chi connectivity index (χ1) is 7.96. The van der Waals surface area contributed by atoms with Crippen LogP contribution >= 0.6 is 0 Å². The van der Waals surface area contributed by atoms with E-state index in [0.29, 0.717) is 4.90 Å². The average Bonchev–Trinajstić information content (AvgIpc) is 2.10. The maximum atomic E-state index is 12.5. The number of hydrogen-bond acceptors (Lipinski definition) is 2. The molecule has 0 amide bonds. The molecule has 0 aliphatic heterocycles. The van der Waals surface area contributed by atoms with Crippen molar-refractivity contribution in [3.8, 4) is 0 Å². The minimum Gasteiger partial charge on any atom is -0.207 e. The molecular formula is C14H23NO2S. The van der Waals surface area contributed by atoms with E-state index >= 15 is 0 Å². The normalized spacial score (nSPS) is 12.8. The van der Waals surface area contributed by atoms with E-state index in [1.54, 1.807) is 0 Å². The largest absolute Gasteiger partial charge is 0.241 e.